The maximum atomic E-state index is 12.8. The Balaban J connectivity index is 1.77. The standard InChI is InChI=1S/C25H30N2O4S/c1-4-18-16-19(25(32-18)26-24(28)21-9-8-14-31-21)23(27-12-6-5-7-13-27)17-10-11-20(29-2)22(15-17)30-3/h8-11,14-16,23H,4-7,12-13H2,1-3H3,(H,26,28)/t23-/m1/s1. The number of hydrogen-bond donors (Lipinski definition) is 1. The lowest BCUT2D eigenvalue weighted by Gasteiger charge is -2.35. The normalized spacial score (nSPS) is 15.3. The molecule has 1 aliphatic heterocycles. The van der Waals surface area contributed by atoms with Gasteiger partial charge in [0.25, 0.3) is 5.91 Å². The van der Waals surface area contributed by atoms with Gasteiger partial charge in [-0.15, -0.1) is 11.3 Å². The molecule has 1 amide bonds. The highest BCUT2D eigenvalue weighted by Crippen LogP contribution is 2.42. The highest BCUT2D eigenvalue weighted by atomic mass is 32.1. The Morgan fingerprint density at radius 3 is 2.56 bits per heavy atom. The molecule has 3 heterocycles. The zero-order chi connectivity index (χ0) is 22.5. The average Bonchev–Trinajstić information content (AvgIpc) is 3.50. The van der Waals surface area contributed by atoms with Crippen molar-refractivity contribution in [3.05, 3.63) is 64.4 Å². The number of nitrogens with one attached hydrogen (secondary N) is 1. The molecule has 0 bridgehead atoms. The Morgan fingerprint density at radius 2 is 1.91 bits per heavy atom. The van der Waals surface area contributed by atoms with E-state index in [4.69, 9.17) is 13.9 Å². The number of ether oxygens (including phenoxy) is 2. The predicted octanol–water partition coefficient (Wildman–Crippen LogP) is 5.75. The monoisotopic (exact) mass is 454 g/mol. The number of aryl methyl sites for hydroxylation is 1. The zero-order valence-electron chi connectivity index (χ0n) is 18.8. The van der Waals surface area contributed by atoms with Gasteiger partial charge in [-0.1, -0.05) is 19.4 Å². The summed E-state index contributed by atoms with van der Waals surface area (Å²) in [7, 11) is 3.31. The van der Waals surface area contributed by atoms with Crippen LogP contribution in [0.15, 0.2) is 47.1 Å². The number of rotatable bonds is 8. The molecule has 1 aromatic carbocycles. The van der Waals surface area contributed by atoms with Gasteiger partial charge in [0.15, 0.2) is 17.3 Å². The summed E-state index contributed by atoms with van der Waals surface area (Å²) >= 11 is 1.63. The van der Waals surface area contributed by atoms with Crippen molar-refractivity contribution in [2.75, 3.05) is 32.6 Å². The molecule has 1 saturated heterocycles. The van der Waals surface area contributed by atoms with Crippen LogP contribution in [0.25, 0.3) is 0 Å². The van der Waals surface area contributed by atoms with Gasteiger partial charge in [0.2, 0.25) is 0 Å². The van der Waals surface area contributed by atoms with Crippen molar-refractivity contribution >= 4 is 22.2 Å². The lowest BCUT2D eigenvalue weighted by atomic mass is 9.95. The van der Waals surface area contributed by atoms with Crippen LogP contribution in [0.4, 0.5) is 5.00 Å². The van der Waals surface area contributed by atoms with Gasteiger partial charge in [-0.3, -0.25) is 9.69 Å². The van der Waals surface area contributed by atoms with Crippen LogP contribution in [0.2, 0.25) is 0 Å². The summed E-state index contributed by atoms with van der Waals surface area (Å²) in [6.07, 6.45) is 6.02. The Hall–Kier alpha value is -2.77. The summed E-state index contributed by atoms with van der Waals surface area (Å²) in [6.45, 7) is 4.17. The van der Waals surface area contributed by atoms with Gasteiger partial charge in [0.05, 0.1) is 26.5 Å². The number of likely N-dealkylation sites (tertiary alicyclic amines) is 1. The van der Waals surface area contributed by atoms with Crippen molar-refractivity contribution in [2.45, 2.75) is 38.6 Å². The third-order valence-electron chi connectivity index (χ3n) is 5.91. The number of piperidine rings is 1. The largest absolute Gasteiger partial charge is 0.493 e. The lowest BCUT2D eigenvalue weighted by Crippen LogP contribution is -2.34. The number of hydrogen-bond acceptors (Lipinski definition) is 6. The molecule has 1 aliphatic rings. The summed E-state index contributed by atoms with van der Waals surface area (Å²) < 4.78 is 16.4. The van der Waals surface area contributed by atoms with Crippen molar-refractivity contribution in [3.8, 4) is 11.5 Å². The van der Waals surface area contributed by atoms with Crippen molar-refractivity contribution in [3.63, 3.8) is 0 Å². The minimum atomic E-state index is -0.231. The molecule has 0 aliphatic carbocycles. The number of carbonyl (C=O) groups is 1. The summed E-state index contributed by atoms with van der Waals surface area (Å²) in [5, 5.41) is 3.98. The molecule has 3 aromatic rings. The van der Waals surface area contributed by atoms with E-state index in [1.807, 2.05) is 6.07 Å². The first-order valence-corrected chi connectivity index (χ1v) is 11.9. The van der Waals surface area contributed by atoms with Crippen LogP contribution in [-0.2, 0) is 6.42 Å². The molecule has 1 fully saturated rings. The number of benzene rings is 1. The van der Waals surface area contributed by atoms with E-state index in [1.54, 1.807) is 37.7 Å². The van der Waals surface area contributed by atoms with Gasteiger partial charge >= 0.3 is 0 Å². The second-order valence-corrected chi connectivity index (χ2v) is 9.03. The number of thiophene rings is 1. The number of methoxy groups -OCH3 is 2. The van der Waals surface area contributed by atoms with Gasteiger partial charge in [-0.25, -0.2) is 0 Å². The van der Waals surface area contributed by atoms with E-state index in [1.165, 1.54) is 30.4 Å². The highest BCUT2D eigenvalue weighted by Gasteiger charge is 2.29. The molecule has 7 heteroatoms. The number of furan rings is 1. The zero-order valence-corrected chi connectivity index (χ0v) is 19.7. The molecule has 1 atom stereocenters. The minimum Gasteiger partial charge on any atom is -0.493 e. The van der Waals surface area contributed by atoms with Crippen molar-refractivity contribution < 1.29 is 18.7 Å². The predicted molar refractivity (Wildman–Crippen MR) is 127 cm³/mol. The number of nitrogens with zero attached hydrogens (tertiary/aromatic N) is 1. The van der Waals surface area contributed by atoms with Gasteiger partial charge in [0.1, 0.15) is 5.00 Å². The van der Waals surface area contributed by atoms with Crippen LogP contribution in [0, 0.1) is 0 Å². The molecule has 170 valence electrons. The highest BCUT2D eigenvalue weighted by molar-refractivity contribution is 7.16. The van der Waals surface area contributed by atoms with Crippen LogP contribution in [-0.4, -0.2) is 38.1 Å². The molecular formula is C25H30N2O4S. The fourth-order valence-corrected chi connectivity index (χ4v) is 5.32. The maximum Gasteiger partial charge on any atom is 0.291 e. The van der Waals surface area contributed by atoms with Gasteiger partial charge in [-0.05, 0) is 68.2 Å². The summed E-state index contributed by atoms with van der Waals surface area (Å²) in [5.74, 6) is 1.49. The van der Waals surface area contributed by atoms with Crippen molar-refractivity contribution in [2.24, 2.45) is 0 Å². The van der Waals surface area contributed by atoms with E-state index < -0.39 is 0 Å². The molecule has 2 aromatic heterocycles. The second-order valence-electron chi connectivity index (χ2n) is 7.90. The topological polar surface area (TPSA) is 63.9 Å². The van der Waals surface area contributed by atoms with Crippen LogP contribution in [0.5, 0.6) is 11.5 Å². The third-order valence-corrected chi connectivity index (χ3v) is 7.12. The van der Waals surface area contributed by atoms with Crippen LogP contribution in [0.1, 0.15) is 58.8 Å². The molecule has 32 heavy (non-hydrogen) atoms. The van der Waals surface area contributed by atoms with E-state index in [0.29, 0.717) is 17.3 Å². The number of carbonyl (C=O) groups excluding carboxylic acids is 1. The molecule has 1 N–H and O–H groups in total. The van der Waals surface area contributed by atoms with E-state index in [-0.39, 0.29) is 11.9 Å². The van der Waals surface area contributed by atoms with E-state index in [0.717, 1.165) is 35.6 Å². The Morgan fingerprint density at radius 1 is 1.12 bits per heavy atom. The first kappa shape index (κ1) is 22.4. The SMILES string of the molecule is CCc1cc([C@@H](c2ccc(OC)c(OC)c2)N2CCCCC2)c(NC(=O)c2ccco2)s1. The molecule has 6 nitrogen and oxygen atoms in total. The quantitative estimate of drug-likeness (QED) is 0.470. The van der Waals surface area contributed by atoms with Crippen LogP contribution < -0.4 is 14.8 Å². The van der Waals surface area contributed by atoms with E-state index in [9.17, 15) is 4.79 Å². The number of amides is 1. The van der Waals surface area contributed by atoms with Gasteiger partial charge in [-0.2, -0.15) is 0 Å². The smallest absolute Gasteiger partial charge is 0.291 e. The second kappa shape index (κ2) is 10.2. The fraction of sp³-hybridized carbons (Fsp3) is 0.400. The first-order valence-electron chi connectivity index (χ1n) is 11.1. The average molecular weight is 455 g/mol. The van der Waals surface area contributed by atoms with E-state index >= 15 is 0 Å². The maximum absolute atomic E-state index is 12.8. The van der Waals surface area contributed by atoms with Crippen molar-refractivity contribution in [1.82, 2.24) is 4.90 Å². The van der Waals surface area contributed by atoms with Crippen molar-refractivity contribution in [1.29, 1.82) is 0 Å². The lowest BCUT2D eigenvalue weighted by molar-refractivity contribution is 0.0996. The first-order chi connectivity index (χ1) is 15.6. The summed E-state index contributed by atoms with van der Waals surface area (Å²) in [4.78, 5) is 16.5. The summed E-state index contributed by atoms with van der Waals surface area (Å²) in [6, 6.07) is 11.8. The minimum absolute atomic E-state index is 0.0126. The Kier molecular flexibility index (Phi) is 7.17. The number of anilines is 1. The molecule has 4 rings (SSSR count). The van der Waals surface area contributed by atoms with Gasteiger partial charge in [0, 0.05) is 10.4 Å². The van der Waals surface area contributed by atoms with Crippen LogP contribution in [0.3, 0.4) is 0 Å². The van der Waals surface area contributed by atoms with Crippen LogP contribution >= 0.6 is 11.3 Å². The fourth-order valence-electron chi connectivity index (χ4n) is 4.29. The Labute approximate surface area is 193 Å². The molecule has 0 unspecified atom stereocenters. The molecule has 0 radical (unpaired) electrons. The third kappa shape index (κ3) is 4.69. The molecular weight excluding hydrogens is 424 g/mol. The molecule has 0 saturated carbocycles. The van der Waals surface area contributed by atoms with Gasteiger partial charge < -0.3 is 19.2 Å². The Bertz CT molecular complexity index is 1040. The molecule has 0 spiro atoms. The van der Waals surface area contributed by atoms with E-state index in [2.05, 4.69) is 35.3 Å². The summed E-state index contributed by atoms with van der Waals surface area (Å²) in [5.41, 5.74) is 2.24.